The van der Waals surface area contributed by atoms with Gasteiger partial charge in [-0.15, -0.1) is 0 Å². The Labute approximate surface area is 116 Å². The Hall–Kier alpha value is -2.40. The number of amides is 1. The van der Waals surface area contributed by atoms with Gasteiger partial charge in [0.25, 0.3) is 5.91 Å². The van der Waals surface area contributed by atoms with Gasteiger partial charge in [-0.05, 0) is 36.8 Å². The molecule has 0 aliphatic heterocycles. The van der Waals surface area contributed by atoms with E-state index in [9.17, 15) is 9.18 Å². The van der Waals surface area contributed by atoms with Gasteiger partial charge in [0.15, 0.2) is 0 Å². The van der Waals surface area contributed by atoms with Crippen LogP contribution in [0.25, 0.3) is 0 Å². The van der Waals surface area contributed by atoms with Gasteiger partial charge in [0.2, 0.25) is 0 Å². The number of anilines is 1. The summed E-state index contributed by atoms with van der Waals surface area (Å²) in [5.41, 5.74) is 11.4. The lowest BCUT2D eigenvalue weighted by molar-refractivity contribution is -0.125. The van der Waals surface area contributed by atoms with Gasteiger partial charge in [0, 0.05) is 0 Å². The minimum atomic E-state index is -1.25. The number of rotatable bonds is 4. The Morgan fingerprint density at radius 3 is 2.30 bits per heavy atom. The van der Waals surface area contributed by atoms with Crippen molar-refractivity contribution in [1.29, 1.82) is 0 Å². The second-order valence-electron chi connectivity index (χ2n) is 4.65. The molecule has 20 heavy (non-hydrogen) atoms. The molecule has 0 aliphatic carbocycles. The summed E-state index contributed by atoms with van der Waals surface area (Å²) in [6.07, 6.45) is 0. The van der Waals surface area contributed by atoms with Crippen molar-refractivity contribution in [3.05, 3.63) is 66.0 Å². The average Bonchev–Trinajstić information content (AvgIpc) is 2.46. The largest absolute Gasteiger partial charge is 0.314 e. The minimum Gasteiger partial charge on any atom is -0.314 e. The molecule has 2 aromatic carbocycles. The van der Waals surface area contributed by atoms with E-state index in [0.717, 1.165) is 5.69 Å². The van der Waals surface area contributed by atoms with Gasteiger partial charge in [-0.25, -0.2) is 4.39 Å². The molecule has 4 nitrogen and oxygen atoms in total. The molecule has 0 spiro atoms. The number of hydrazine groups is 1. The highest BCUT2D eigenvalue weighted by molar-refractivity contribution is 5.87. The highest BCUT2D eigenvalue weighted by Crippen LogP contribution is 2.18. The molecule has 5 heteroatoms. The zero-order valence-electron chi connectivity index (χ0n) is 11.1. The molecular weight excluding hydrogens is 257 g/mol. The molecule has 0 heterocycles. The number of nitrogens with two attached hydrogens (primary N) is 1. The zero-order chi connectivity index (χ0) is 14.6. The number of para-hydroxylation sites is 1. The zero-order valence-corrected chi connectivity index (χ0v) is 11.1. The number of carbonyl (C=O) groups is 1. The Morgan fingerprint density at radius 1 is 1.10 bits per heavy atom. The predicted octanol–water partition coefficient (Wildman–Crippen LogP) is 2.14. The summed E-state index contributed by atoms with van der Waals surface area (Å²) >= 11 is 0. The lowest BCUT2D eigenvalue weighted by atomic mass is 9.92. The Bertz CT molecular complexity index is 582. The molecule has 0 fully saturated rings. The van der Waals surface area contributed by atoms with Crippen molar-refractivity contribution in [2.24, 2.45) is 5.73 Å². The molecule has 0 radical (unpaired) electrons. The first-order chi connectivity index (χ1) is 9.50. The van der Waals surface area contributed by atoms with Gasteiger partial charge in [-0.2, -0.15) is 0 Å². The Balaban J connectivity index is 2.05. The van der Waals surface area contributed by atoms with Crippen molar-refractivity contribution in [1.82, 2.24) is 5.43 Å². The van der Waals surface area contributed by atoms with E-state index in [1.54, 1.807) is 6.92 Å². The molecule has 1 unspecified atom stereocenters. The first-order valence-corrected chi connectivity index (χ1v) is 6.16. The molecule has 0 saturated heterocycles. The second kappa shape index (κ2) is 5.71. The third-order valence-electron chi connectivity index (χ3n) is 3.01. The van der Waals surface area contributed by atoms with Crippen LogP contribution in [0.4, 0.5) is 10.1 Å². The number of benzene rings is 2. The van der Waals surface area contributed by atoms with Crippen molar-refractivity contribution in [2.75, 3.05) is 5.43 Å². The van der Waals surface area contributed by atoms with Gasteiger partial charge in [0.1, 0.15) is 11.4 Å². The molecule has 1 atom stereocenters. The molecule has 4 N–H and O–H groups in total. The van der Waals surface area contributed by atoms with E-state index in [4.69, 9.17) is 5.73 Å². The number of hydrogen-bond donors (Lipinski definition) is 3. The quantitative estimate of drug-likeness (QED) is 0.748. The summed E-state index contributed by atoms with van der Waals surface area (Å²) in [4.78, 5) is 12.1. The van der Waals surface area contributed by atoms with Crippen molar-refractivity contribution in [2.45, 2.75) is 12.5 Å². The minimum absolute atomic E-state index is 0.368. The Kier molecular flexibility index (Phi) is 4.00. The normalized spacial score (nSPS) is 13.3. The molecule has 0 aliphatic rings. The predicted molar refractivity (Wildman–Crippen MR) is 76.1 cm³/mol. The van der Waals surface area contributed by atoms with Crippen molar-refractivity contribution in [3.8, 4) is 0 Å². The fourth-order valence-electron chi connectivity index (χ4n) is 1.71. The molecule has 104 valence electrons. The van der Waals surface area contributed by atoms with Crippen LogP contribution in [0.1, 0.15) is 12.5 Å². The van der Waals surface area contributed by atoms with E-state index >= 15 is 0 Å². The van der Waals surface area contributed by atoms with E-state index in [0.29, 0.717) is 5.56 Å². The topological polar surface area (TPSA) is 67.2 Å². The van der Waals surface area contributed by atoms with Gasteiger partial charge in [0.05, 0.1) is 5.69 Å². The molecular formula is C15H16FN3O. The number of carbonyl (C=O) groups excluding carboxylic acids is 1. The van der Waals surface area contributed by atoms with E-state index in [-0.39, 0.29) is 5.82 Å². The molecule has 0 bridgehead atoms. The van der Waals surface area contributed by atoms with Gasteiger partial charge < -0.3 is 5.73 Å². The van der Waals surface area contributed by atoms with Gasteiger partial charge in [-0.1, -0.05) is 30.3 Å². The SMILES string of the molecule is CC(N)(C(=O)NNc1ccccc1)c1ccc(F)cc1. The maximum Gasteiger partial charge on any atom is 0.262 e. The third-order valence-corrected chi connectivity index (χ3v) is 3.01. The summed E-state index contributed by atoms with van der Waals surface area (Å²) in [6.45, 7) is 1.57. The standard InChI is InChI=1S/C15H16FN3O/c1-15(17,11-7-9-12(16)10-8-11)14(20)19-18-13-5-3-2-4-6-13/h2-10,18H,17H2,1H3,(H,19,20). The van der Waals surface area contributed by atoms with Crippen LogP contribution in [-0.2, 0) is 10.3 Å². The van der Waals surface area contributed by atoms with E-state index in [1.807, 2.05) is 30.3 Å². The van der Waals surface area contributed by atoms with Crippen LogP contribution in [-0.4, -0.2) is 5.91 Å². The lowest BCUT2D eigenvalue weighted by Crippen LogP contribution is -2.50. The van der Waals surface area contributed by atoms with E-state index < -0.39 is 11.4 Å². The van der Waals surface area contributed by atoms with Crippen LogP contribution in [0.2, 0.25) is 0 Å². The van der Waals surface area contributed by atoms with E-state index in [1.165, 1.54) is 24.3 Å². The van der Waals surface area contributed by atoms with Crippen LogP contribution >= 0.6 is 0 Å². The number of hydrogen-bond acceptors (Lipinski definition) is 3. The summed E-state index contributed by atoms with van der Waals surface area (Å²) in [6, 6.07) is 14.7. The second-order valence-corrected chi connectivity index (χ2v) is 4.65. The van der Waals surface area contributed by atoms with Crippen molar-refractivity contribution in [3.63, 3.8) is 0 Å². The maximum atomic E-state index is 12.9. The summed E-state index contributed by atoms with van der Waals surface area (Å²) in [7, 11) is 0. The monoisotopic (exact) mass is 273 g/mol. The molecule has 2 rings (SSSR count). The summed E-state index contributed by atoms with van der Waals surface area (Å²) < 4.78 is 12.9. The van der Waals surface area contributed by atoms with Crippen LogP contribution < -0.4 is 16.6 Å². The highest BCUT2D eigenvalue weighted by Gasteiger charge is 2.30. The summed E-state index contributed by atoms with van der Waals surface area (Å²) in [5.74, 6) is -0.777. The first kappa shape index (κ1) is 14.0. The maximum absolute atomic E-state index is 12.9. The lowest BCUT2D eigenvalue weighted by Gasteiger charge is -2.24. The summed E-state index contributed by atoms with van der Waals surface area (Å²) in [5, 5.41) is 0. The van der Waals surface area contributed by atoms with Crippen LogP contribution in [0, 0.1) is 5.82 Å². The fourth-order valence-corrected chi connectivity index (χ4v) is 1.71. The van der Waals surface area contributed by atoms with Crippen LogP contribution in [0.3, 0.4) is 0 Å². The smallest absolute Gasteiger partial charge is 0.262 e. The highest BCUT2D eigenvalue weighted by atomic mass is 19.1. The van der Waals surface area contributed by atoms with Gasteiger partial charge >= 0.3 is 0 Å². The Morgan fingerprint density at radius 2 is 1.70 bits per heavy atom. The van der Waals surface area contributed by atoms with Gasteiger partial charge in [-0.3, -0.25) is 15.6 Å². The van der Waals surface area contributed by atoms with Crippen molar-refractivity contribution < 1.29 is 9.18 Å². The van der Waals surface area contributed by atoms with Crippen molar-refractivity contribution >= 4 is 11.6 Å². The number of halogens is 1. The van der Waals surface area contributed by atoms with Crippen LogP contribution in [0.15, 0.2) is 54.6 Å². The molecule has 1 amide bonds. The van der Waals surface area contributed by atoms with Crippen LogP contribution in [0.5, 0.6) is 0 Å². The fraction of sp³-hybridized carbons (Fsp3) is 0.133. The molecule has 0 saturated carbocycles. The molecule has 2 aromatic rings. The number of nitrogens with one attached hydrogen (secondary N) is 2. The molecule has 0 aromatic heterocycles. The van der Waals surface area contributed by atoms with E-state index in [2.05, 4.69) is 10.9 Å². The third kappa shape index (κ3) is 3.13. The average molecular weight is 273 g/mol. The first-order valence-electron chi connectivity index (χ1n) is 6.16.